The van der Waals surface area contributed by atoms with Gasteiger partial charge in [0.25, 0.3) is 5.56 Å². The minimum absolute atomic E-state index is 0.0752. The van der Waals surface area contributed by atoms with Gasteiger partial charge in [0, 0.05) is 41.1 Å². The molecule has 0 amide bonds. The van der Waals surface area contributed by atoms with E-state index in [0.29, 0.717) is 12.6 Å². The lowest BCUT2D eigenvalue weighted by atomic mass is 9.92. The van der Waals surface area contributed by atoms with E-state index in [2.05, 4.69) is 21.6 Å². The van der Waals surface area contributed by atoms with E-state index in [4.69, 9.17) is 4.74 Å². The van der Waals surface area contributed by atoms with Crippen molar-refractivity contribution in [1.29, 1.82) is 0 Å². The first-order valence-electron chi connectivity index (χ1n) is 10.2. The number of thiophene rings is 1. The molecule has 0 spiro atoms. The first-order chi connectivity index (χ1) is 14.2. The van der Waals surface area contributed by atoms with Crippen LogP contribution in [0.1, 0.15) is 22.4 Å². The van der Waals surface area contributed by atoms with Crippen molar-refractivity contribution in [2.75, 3.05) is 31.7 Å². The van der Waals surface area contributed by atoms with Crippen LogP contribution in [0.5, 0.6) is 5.75 Å². The summed E-state index contributed by atoms with van der Waals surface area (Å²) in [6, 6.07) is 8.46. The van der Waals surface area contributed by atoms with Gasteiger partial charge in [0.2, 0.25) is 0 Å². The van der Waals surface area contributed by atoms with Crippen LogP contribution in [-0.4, -0.2) is 52.2 Å². The molecule has 1 aliphatic heterocycles. The number of hydrogen-bond donors (Lipinski definition) is 0. The van der Waals surface area contributed by atoms with Gasteiger partial charge in [0.05, 0.1) is 25.4 Å². The topological polar surface area (TPSA) is 47.4 Å². The molecular formula is C22H25N3O2S2. The van der Waals surface area contributed by atoms with E-state index in [1.165, 1.54) is 35.0 Å². The molecular weight excluding hydrogens is 402 g/mol. The predicted octanol–water partition coefficient (Wildman–Crippen LogP) is 3.42. The number of ether oxygens (including phenoxy) is 1. The average Bonchev–Trinajstić information content (AvgIpc) is 3.15. The summed E-state index contributed by atoms with van der Waals surface area (Å²) >= 11 is 3.78. The lowest BCUT2D eigenvalue weighted by Crippen LogP contribution is -2.43. The Balaban J connectivity index is 1.47. The van der Waals surface area contributed by atoms with E-state index >= 15 is 0 Å². The van der Waals surface area contributed by atoms with Crippen LogP contribution in [0.4, 0.5) is 0 Å². The number of methoxy groups -OCH3 is 1. The molecule has 2 aromatic heterocycles. The van der Waals surface area contributed by atoms with E-state index in [9.17, 15) is 4.79 Å². The van der Waals surface area contributed by atoms with Crippen LogP contribution in [0.15, 0.2) is 35.4 Å². The van der Waals surface area contributed by atoms with Crippen LogP contribution in [0.25, 0.3) is 10.2 Å². The maximum Gasteiger partial charge on any atom is 0.262 e. The molecule has 1 fully saturated rings. The molecule has 0 radical (unpaired) electrons. The average molecular weight is 428 g/mol. The van der Waals surface area contributed by atoms with Crippen molar-refractivity contribution in [1.82, 2.24) is 14.5 Å². The van der Waals surface area contributed by atoms with Crippen LogP contribution in [0, 0.1) is 0 Å². The van der Waals surface area contributed by atoms with Gasteiger partial charge in [-0.1, -0.05) is 18.2 Å². The Hall–Kier alpha value is -1.83. The van der Waals surface area contributed by atoms with Crippen LogP contribution in [0.2, 0.25) is 0 Å². The van der Waals surface area contributed by atoms with E-state index < -0.39 is 0 Å². The monoisotopic (exact) mass is 427 g/mol. The minimum Gasteiger partial charge on any atom is -0.496 e. The second-order valence-corrected chi connectivity index (χ2v) is 10.0. The first kappa shape index (κ1) is 19.2. The second kappa shape index (κ2) is 8.13. The summed E-state index contributed by atoms with van der Waals surface area (Å²) in [5.74, 6) is 3.28. The van der Waals surface area contributed by atoms with E-state index in [1.807, 2.05) is 24.3 Å². The Kier molecular flexibility index (Phi) is 5.37. The third-order valence-electron chi connectivity index (χ3n) is 6.11. The van der Waals surface area contributed by atoms with E-state index in [0.717, 1.165) is 40.8 Å². The van der Waals surface area contributed by atoms with Gasteiger partial charge in [-0.25, -0.2) is 4.98 Å². The molecule has 3 aromatic rings. The van der Waals surface area contributed by atoms with Crippen LogP contribution in [-0.2, 0) is 19.4 Å². The first-order valence-corrected chi connectivity index (χ1v) is 12.1. The highest BCUT2D eigenvalue weighted by Crippen LogP contribution is 2.35. The molecule has 152 valence electrons. The van der Waals surface area contributed by atoms with Crippen LogP contribution < -0.4 is 10.3 Å². The molecule has 1 unspecified atom stereocenters. The third kappa shape index (κ3) is 3.60. The molecule has 3 heterocycles. The van der Waals surface area contributed by atoms with Crippen molar-refractivity contribution in [2.45, 2.75) is 31.8 Å². The summed E-state index contributed by atoms with van der Waals surface area (Å²) in [4.78, 5) is 22.9. The highest BCUT2D eigenvalue weighted by Gasteiger charge is 2.29. The van der Waals surface area contributed by atoms with Crippen molar-refractivity contribution in [3.05, 3.63) is 57.0 Å². The molecule has 0 N–H and O–H groups in total. The second-order valence-electron chi connectivity index (χ2n) is 7.72. The summed E-state index contributed by atoms with van der Waals surface area (Å²) in [5, 5.41) is 0.843. The molecule has 29 heavy (non-hydrogen) atoms. The van der Waals surface area contributed by atoms with Crippen molar-refractivity contribution in [3.8, 4) is 5.75 Å². The summed E-state index contributed by atoms with van der Waals surface area (Å²) in [5.41, 5.74) is 2.32. The predicted molar refractivity (Wildman–Crippen MR) is 121 cm³/mol. The zero-order valence-corrected chi connectivity index (χ0v) is 18.2. The van der Waals surface area contributed by atoms with Crippen LogP contribution in [0.3, 0.4) is 0 Å². The summed E-state index contributed by atoms with van der Waals surface area (Å²) in [6.45, 7) is 2.86. The molecule has 0 saturated carbocycles. The highest BCUT2D eigenvalue weighted by molar-refractivity contribution is 7.99. The smallest absolute Gasteiger partial charge is 0.262 e. The molecule has 0 bridgehead atoms. The number of thioether (sulfide) groups is 1. The quantitative estimate of drug-likeness (QED) is 0.639. The lowest BCUT2D eigenvalue weighted by molar-refractivity contribution is 0.199. The fraction of sp³-hybridized carbons (Fsp3) is 0.455. The minimum atomic E-state index is 0.0752. The van der Waals surface area contributed by atoms with Gasteiger partial charge in [-0.3, -0.25) is 14.3 Å². The Morgan fingerprint density at radius 3 is 2.90 bits per heavy atom. The SMILES string of the molecule is COc1ccccc1Cn1cnc2sc3c(c2c1=O)CCC(N1CCSCC1)C3. The highest BCUT2D eigenvalue weighted by atomic mass is 32.2. The van der Waals surface area contributed by atoms with Crippen molar-refractivity contribution in [3.63, 3.8) is 0 Å². The number of benzene rings is 1. The number of aryl methyl sites for hydroxylation is 1. The molecule has 5 nitrogen and oxygen atoms in total. The zero-order chi connectivity index (χ0) is 19.8. The zero-order valence-electron chi connectivity index (χ0n) is 16.6. The normalized spacial score (nSPS) is 20.0. The van der Waals surface area contributed by atoms with Crippen molar-refractivity contribution in [2.24, 2.45) is 0 Å². The molecule has 1 saturated heterocycles. The number of nitrogens with zero attached hydrogens (tertiary/aromatic N) is 3. The maximum atomic E-state index is 13.3. The Morgan fingerprint density at radius 2 is 2.07 bits per heavy atom. The van der Waals surface area contributed by atoms with Crippen molar-refractivity contribution < 1.29 is 4.74 Å². The summed E-state index contributed by atoms with van der Waals surface area (Å²) in [6.07, 6.45) is 4.88. The number of rotatable bonds is 4. The molecule has 5 rings (SSSR count). The molecule has 1 aliphatic carbocycles. The van der Waals surface area contributed by atoms with E-state index in [1.54, 1.807) is 29.3 Å². The van der Waals surface area contributed by atoms with Gasteiger partial charge in [0.1, 0.15) is 10.6 Å². The standard InChI is InChI=1S/C22H25N3O2S2/c1-27-18-5-3-2-4-15(18)13-25-14-23-21-20(22(25)26)17-7-6-16(12-19(17)29-21)24-8-10-28-11-9-24/h2-5,14,16H,6-13H2,1H3. The van der Waals surface area contributed by atoms with Crippen molar-refractivity contribution >= 4 is 33.3 Å². The largest absolute Gasteiger partial charge is 0.496 e. The molecule has 1 atom stereocenters. The fourth-order valence-electron chi connectivity index (χ4n) is 4.57. The number of aromatic nitrogens is 2. The van der Waals surface area contributed by atoms with Crippen LogP contribution >= 0.6 is 23.1 Å². The number of para-hydroxylation sites is 1. The number of fused-ring (bicyclic) bond motifs is 3. The van der Waals surface area contributed by atoms with Gasteiger partial charge < -0.3 is 4.74 Å². The Morgan fingerprint density at radius 1 is 1.24 bits per heavy atom. The molecule has 7 heteroatoms. The lowest BCUT2D eigenvalue weighted by Gasteiger charge is -2.36. The van der Waals surface area contributed by atoms with Gasteiger partial charge in [-0.15, -0.1) is 11.3 Å². The maximum absolute atomic E-state index is 13.3. The fourth-order valence-corrected chi connectivity index (χ4v) is 6.75. The molecule has 2 aliphatic rings. The molecule has 1 aromatic carbocycles. The summed E-state index contributed by atoms with van der Waals surface area (Å²) in [7, 11) is 1.66. The van der Waals surface area contributed by atoms with Gasteiger partial charge in [-0.2, -0.15) is 11.8 Å². The van der Waals surface area contributed by atoms with Gasteiger partial charge >= 0.3 is 0 Å². The van der Waals surface area contributed by atoms with E-state index in [-0.39, 0.29) is 5.56 Å². The number of hydrogen-bond acceptors (Lipinski definition) is 6. The Labute approximate surface area is 178 Å². The Bertz CT molecular complexity index is 1090. The summed E-state index contributed by atoms with van der Waals surface area (Å²) < 4.78 is 7.17. The third-order valence-corrected chi connectivity index (χ3v) is 8.21. The van der Waals surface area contributed by atoms with Gasteiger partial charge in [0.15, 0.2) is 0 Å². The van der Waals surface area contributed by atoms with Gasteiger partial charge in [-0.05, 0) is 30.9 Å².